The highest BCUT2D eigenvalue weighted by Crippen LogP contribution is 2.34. The zero-order chi connectivity index (χ0) is 21.7. The van der Waals surface area contributed by atoms with Crippen LogP contribution in [0.3, 0.4) is 0 Å². The Balaban J connectivity index is 2.19. The second-order valence-electron chi connectivity index (χ2n) is 5.76. The molecule has 0 radical (unpaired) electrons. The highest BCUT2D eigenvalue weighted by atomic mass is 35.5. The Morgan fingerprint density at radius 2 is 1.93 bits per heavy atom. The fraction of sp³-hybridized carbons (Fsp3) is 0.222. The zero-order valence-corrected chi connectivity index (χ0v) is 18.0. The first kappa shape index (κ1) is 23.0. The number of ether oxygens (including phenoxy) is 1. The molecular formula is C18H14Cl4N4O3. The molecule has 29 heavy (non-hydrogen) atoms. The SMILES string of the molecule is Cc1cc(N(CCC#N)C(=O)COC(=O)c2nc(Cl)c(Cl)c(N)c2Cl)ccc1Cl. The highest BCUT2D eigenvalue weighted by Gasteiger charge is 2.23. The van der Waals surface area contributed by atoms with Crippen LogP contribution in [0.15, 0.2) is 18.2 Å². The number of benzene rings is 1. The fourth-order valence-electron chi connectivity index (χ4n) is 2.30. The lowest BCUT2D eigenvalue weighted by atomic mass is 10.2. The van der Waals surface area contributed by atoms with Crippen molar-refractivity contribution in [2.75, 3.05) is 23.8 Å². The standard InChI is InChI=1S/C18H14Cl4N4O3/c1-9-7-10(3-4-11(9)19)26(6-2-5-23)12(27)8-29-18(28)16-13(20)15(24)14(21)17(22)25-16/h3-4,7H,2,6,8H2,1H3,(H2,24,25). The predicted octanol–water partition coefficient (Wildman–Crippen LogP) is 4.69. The van der Waals surface area contributed by atoms with Crippen molar-refractivity contribution in [2.45, 2.75) is 13.3 Å². The van der Waals surface area contributed by atoms with Crippen LogP contribution >= 0.6 is 46.4 Å². The van der Waals surface area contributed by atoms with Crippen LogP contribution in [0.25, 0.3) is 0 Å². The van der Waals surface area contributed by atoms with E-state index >= 15 is 0 Å². The second kappa shape index (κ2) is 9.99. The van der Waals surface area contributed by atoms with Crippen LogP contribution in [0.2, 0.25) is 20.2 Å². The summed E-state index contributed by atoms with van der Waals surface area (Å²) in [5.41, 5.74) is 6.44. The monoisotopic (exact) mass is 474 g/mol. The Kier molecular flexibility index (Phi) is 7.94. The topological polar surface area (TPSA) is 109 Å². The predicted molar refractivity (Wildman–Crippen MR) is 113 cm³/mol. The van der Waals surface area contributed by atoms with Gasteiger partial charge in [0.15, 0.2) is 17.5 Å². The van der Waals surface area contributed by atoms with Crippen molar-refractivity contribution in [1.82, 2.24) is 4.98 Å². The number of aryl methyl sites for hydroxylation is 1. The van der Waals surface area contributed by atoms with E-state index in [9.17, 15) is 9.59 Å². The lowest BCUT2D eigenvalue weighted by molar-refractivity contribution is -0.121. The number of carbonyl (C=O) groups excluding carboxylic acids is 2. The summed E-state index contributed by atoms with van der Waals surface area (Å²) in [5.74, 6) is -1.55. The van der Waals surface area contributed by atoms with Crippen LogP contribution in [-0.2, 0) is 9.53 Å². The van der Waals surface area contributed by atoms with Gasteiger partial charge < -0.3 is 15.4 Å². The molecule has 7 nitrogen and oxygen atoms in total. The summed E-state index contributed by atoms with van der Waals surface area (Å²) in [6, 6.07) is 6.92. The van der Waals surface area contributed by atoms with Gasteiger partial charge in [0.25, 0.3) is 5.91 Å². The molecule has 2 aromatic rings. The molecular weight excluding hydrogens is 462 g/mol. The van der Waals surface area contributed by atoms with Gasteiger partial charge in [-0.25, -0.2) is 9.78 Å². The Bertz CT molecular complexity index is 1010. The number of nitrogen functional groups attached to an aromatic ring is 1. The van der Waals surface area contributed by atoms with Crippen molar-refractivity contribution in [1.29, 1.82) is 5.26 Å². The van der Waals surface area contributed by atoms with E-state index < -0.39 is 18.5 Å². The third-order valence-corrected chi connectivity index (χ3v) is 5.35. The van der Waals surface area contributed by atoms with Gasteiger partial charge >= 0.3 is 5.97 Å². The molecule has 0 unspecified atom stereocenters. The van der Waals surface area contributed by atoms with Crippen molar-refractivity contribution in [3.63, 3.8) is 0 Å². The number of halogens is 4. The number of rotatable bonds is 6. The van der Waals surface area contributed by atoms with E-state index in [0.29, 0.717) is 10.7 Å². The van der Waals surface area contributed by atoms with Gasteiger partial charge in [-0.05, 0) is 30.7 Å². The summed E-state index contributed by atoms with van der Waals surface area (Å²) in [6.45, 7) is 1.26. The number of nitriles is 1. The van der Waals surface area contributed by atoms with E-state index in [1.54, 1.807) is 25.1 Å². The molecule has 0 saturated carbocycles. The highest BCUT2D eigenvalue weighted by molar-refractivity contribution is 6.46. The van der Waals surface area contributed by atoms with E-state index in [4.69, 9.17) is 62.1 Å². The Morgan fingerprint density at radius 1 is 1.24 bits per heavy atom. The third-order valence-electron chi connectivity index (χ3n) is 3.79. The summed E-state index contributed by atoms with van der Waals surface area (Å²) in [5, 5.41) is 8.85. The number of nitrogens with two attached hydrogens (primary N) is 1. The summed E-state index contributed by atoms with van der Waals surface area (Å²) in [7, 11) is 0. The number of hydrogen-bond donors (Lipinski definition) is 1. The average Bonchev–Trinajstić information content (AvgIpc) is 2.70. The van der Waals surface area contributed by atoms with Gasteiger partial charge in [-0.1, -0.05) is 46.4 Å². The lowest BCUT2D eigenvalue weighted by Crippen LogP contribution is -2.35. The lowest BCUT2D eigenvalue weighted by Gasteiger charge is -2.22. The number of esters is 1. The molecule has 1 aromatic heterocycles. The number of amides is 1. The number of carbonyl (C=O) groups is 2. The van der Waals surface area contributed by atoms with Crippen molar-refractivity contribution < 1.29 is 14.3 Å². The molecule has 1 amide bonds. The van der Waals surface area contributed by atoms with Gasteiger partial charge in [-0.2, -0.15) is 5.26 Å². The van der Waals surface area contributed by atoms with Gasteiger partial charge in [0.05, 0.1) is 23.2 Å². The molecule has 0 spiro atoms. The Hall–Kier alpha value is -2.24. The van der Waals surface area contributed by atoms with E-state index in [-0.39, 0.29) is 39.5 Å². The van der Waals surface area contributed by atoms with E-state index in [0.717, 1.165) is 5.56 Å². The number of anilines is 2. The number of aromatic nitrogens is 1. The van der Waals surface area contributed by atoms with Crippen molar-refractivity contribution >= 4 is 69.7 Å². The van der Waals surface area contributed by atoms with Gasteiger partial charge in [0.2, 0.25) is 0 Å². The first-order valence-electron chi connectivity index (χ1n) is 8.08. The number of nitrogens with zero attached hydrogens (tertiary/aromatic N) is 3. The van der Waals surface area contributed by atoms with Crippen LogP contribution in [0.4, 0.5) is 11.4 Å². The molecule has 2 rings (SSSR count). The molecule has 0 atom stereocenters. The summed E-state index contributed by atoms with van der Waals surface area (Å²) in [6.07, 6.45) is 0.0814. The molecule has 0 aliphatic rings. The maximum Gasteiger partial charge on any atom is 0.359 e. The van der Waals surface area contributed by atoms with Crippen LogP contribution in [-0.4, -0.2) is 30.0 Å². The molecule has 11 heteroatoms. The molecule has 1 aromatic carbocycles. The number of hydrogen-bond acceptors (Lipinski definition) is 6. The summed E-state index contributed by atoms with van der Waals surface area (Å²) >= 11 is 23.6. The zero-order valence-electron chi connectivity index (χ0n) is 15.0. The van der Waals surface area contributed by atoms with E-state index in [1.165, 1.54) is 4.90 Å². The summed E-state index contributed by atoms with van der Waals surface area (Å²) < 4.78 is 5.01. The maximum absolute atomic E-state index is 12.6. The first-order valence-corrected chi connectivity index (χ1v) is 9.59. The van der Waals surface area contributed by atoms with Crippen molar-refractivity contribution in [3.05, 3.63) is 49.7 Å². The molecule has 152 valence electrons. The van der Waals surface area contributed by atoms with Crippen molar-refractivity contribution in [3.8, 4) is 6.07 Å². The molecule has 0 saturated heterocycles. The smallest absolute Gasteiger partial charge is 0.359 e. The van der Waals surface area contributed by atoms with Gasteiger partial charge in [-0.3, -0.25) is 4.79 Å². The minimum Gasteiger partial charge on any atom is -0.451 e. The van der Waals surface area contributed by atoms with Crippen molar-refractivity contribution in [2.24, 2.45) is 0 Å². The quantitative estimate of drug-likeness (QED) is 0.479. The van der Waals surface area contributed by atoms with Crippen LogP contribution in [0.1, 0.15) is 22.5 Å². The fourth-order valence-corrected chi connectivity index (χ4v) is 3.00. The number of pyridine rings is 1. The Morgan fingerprint density at radius 3 is 2.55 bits per heavy atom. The Labute approximate surface area is 186 Å². The molecule has 0 bridgehead atoms. The average molecular weight is 476 g/mol. The molecule has 1 heterocycles. The normalized spacial score (nSPS) is 10.3. The molecule has 0 aliphatic heterocycles. The molecule has 0 fully saturated rings. The first-order chi connectivity index (χ1) is 13.7. The maximum atomic E-state index is 12.6. The minimum absolute atomic E-state index is 0.0814. The molecule has 2 N–H and O–H groups in total. The van der Waals surface area contributed by atoms with Crippen LogP contribution < -0.4 is 10.6 Å². The minimum atomic E-state index is -0.999. The van der Waals surface area contributed by atoms with Crippen LogP contribution in [0, 0.1) is 18.3 Å². The second-order valence-corrected chi connectivity index (χ2v) is 7.28. The van der Waals surface area contributed by atoms with Gasteiger partial charge in [-0.15, -0.1) is 0 Å². The van der Waals surface area contributed by atoms with E-state index in [2.05, 4.69) is 4.98 Å². The third kappa shape index (κ3) is 5.43. The van der Waals surface area contributed by atoms with Gasteiger partial charge in [0.1, 0.15) is 5.02 Å². The largest absolute Gasteiger partial charge is 0.451 e. The van der Waals surface area contributed by atoms with Crippen LogP contribution in [0.5, 0.6) is 0 Å². The van der Waals surface area contributed by atoms with E-state index in [1.807, 2.05) is 6.07 Å². The molecule has 0 aliphatic carbocycles. The summed E-state index contributed by atoms with van der Waals surface area (Å²) in [4.78, 5) is 30.0. The van der Waals surface area contributed by atoms with Gasteiger partial charge in [0, 0.05) is 17.3 Å².